The summed E-state index contributed by atoms with van der Waals surface area (Å²) >= 11 is 1.28. The van der Waals surface area contributed by atoms with E-state index in [0.29, 0.717) is 5.16 Å². The Labute approximate surface area is 98.5 Å². The third-order valence-electron chi connectivity index (χ3n) is 2.07. The normalized spacial score (nSPS) is 12.4. The fraction of sp³-hybridized carbons (Fsp3) is 0.667. The minimum absolute atomic E-state index is 0.249. The molecule has 2 N–H and O–H groups in total. The molecular weight excluding hydrogens is 228 g/mol. The van der Waals surface area contributed by atoms with E-state index in [0.717, 1.165) is 19.3 Å². The minimum atomic E-state index is -0.267. The molecule has 0 bridgehead atoms. The molecule has 0 aliphatic rings. The van der Waals surface area contributed by atoms with Crippen molar-refractivity contribution in [3.8, 4) is 0 Å². The summed E-state index contributed by atoms with van der Waals surface area (Å²) in [6, 6.07) is 0. The van der Waals surface area contributed by atoms with Crippen molar-refractivity contribution in [3.05, 3.63) is 6.33 Å². The number of unbranched alkanes of at least 4 members (excludes halogenated alkanes) is 1. The Morgan fingerprint density at radius 1 is 1.75 bits per heavy atom. The monoisotopic (exact) mass is 244 g/mol. The molecule has 1 heterocycles. The summed E-state index contributed by atoms with van der Waals surface area (Å²) in [4.78, 5) is 11.5. The van der Waals surface area contributed by atoms with Crippen LogP contribution in [0.25, 0.3) is 0 Å². The van der Waals surface area contributed by atoms with E-state index in [2.05, 4.69) is 17.1 Å². The van der Waals surface area contributed by atoms with Crippen LogP contribution in [0.5, 0.6) is 0 Å². The number of rotatable bonds is 6. The van der Waals surface area contributed by atoms with Gasteiger partial charge in [-0.1, -0.05) is 31.5 Å². The van der Waals surface area contributed by atoms with Crippen LogP contribution in [0.3, 0.4) is 0 Å². The minimum Gasteiger partial charge on any atom is -0.468 e. The third kappa shape index (κ3) is 3.41. The zero-order chi connectivity index (χ0) is 12.0. The van der Waals surface area contributed by atoms with Gasteiger partial charge in [0.1, 0.15) is 11.6 Å². The number of nitrogens with two attached hydrogens (primary N) is 1. The molecule has 1 aromatic heterocycles. The second-order valence-corrected chi connectivity index (χ2v) is 4.46. The van der Waals surface area contributed by atoms with Crippen LogP contribution in [0.4, 0.5) is 0 Å². The van der Waals surface area contributed by atoms with Crippen molar-refractivity contribution in [2.75, 3.05) is 13.0 Å². The summed E-state index contributed by atoms with van der Waals surface area (Å²) < 4.78 is 6.04. The highest BCUT2D eigenvalue weighted by atomic mass is 32.2. The highest BCUT2D eigenvalue weighted by Crippen LogP contribution is 2.24. The number of thioether (sulfide) groups is 1. The number of carbonyl (C=O) groups is 1. The zero-order valence-corrected chi connectivity index (χ0v) is 10.2. The van der Waals surface area contributed by atoms with E-state index in [4.69, 9.17) is 10.6 Å². The quantitative estimate of drug-likeness (QED) is 0.453. The van der Waals surface area contributed by atoms with Gasteiger partial charge in [-0.15, -0.1) is 10.2 Å². The Morgan fingerprint density at radius 2 is 2.50 bits per heavy atom. The lowest BCUT2D eigenvalue weighted by Crippen LogP contribution is -2.20. The number of methoxy groups -OCH3 is 1. The van der Waals surface area contributed by atoms with Crippen molar-refractivity contribution in [1.29, 1.82) is 0 Å². The number of carbonyl (C=O) groups excluding carboxylic acids is 1. The van der Waals surface area contributed by atoms with Crippen LogP contribution in [0.15, 0.2) is 11.5 Å². The predicted octanol–water partition coefficient (Wildman–Crippen LogP) is 0.816. The maximum Gasteiger partial charge on any atom is 0.319 e. The Bertz CT molecular complexity index is 342. The van der Waals surface area contributed by atoms with E-state index in [1.54, 1.807) is 0 Å². The van der Waals surface area contributed by atoms with Crippen LogP contribution in [0, 0.1) is 0 Å². The molecule has 0 aliphatic heterocycles. The molecule has 0 spiro atoms. The van der Waals surface area contributed by atoms with Gasteiger partial charge in [0.15, 0.2) is 0 Å². The molecule has 0 amide bonds. The summed E-state index contributed by atoms with van der Waals surface area (Å²) in [5, 5.41) is 7.73. The van der Waals surface area contributed by atoms with Crippen LogP contribution in [-0.4, -0.2) is 33.2 Å². The molecule has 7 heteroatoms. The van der Waals surface area contributed by atoms with E-state index in [1.807, 2.05) is 0 Å². The maximum absolute atomic E-state index is 11.5. The van der Waals surface area contributed by atoms with Gasteiger partial charge in [-0.05, 0) is 6.42 Å². The Balaban J connectivity index is 2.63. The number of hydrogen-bond acceptors (Lipinski definition) is 6. The van der Waals surface area contributed by atoms with Crippen LogP contribution in [-0.2, 0) is 9.53 Å². The molecule has 16 heavy (non-hydrogen) atoms. The van der Waals surface area contributed by atoms with Gasteiger partial charge in [-0.2, -0.15) is 0 Å². The molecule has 0 fully saturated rings. The van der Waals surface area contributed by atoms with E-state index < -0.39 is 0 Å². The largest absolute Gasteiger partial charge is 0.468 e. The number of hydrogen-bond donors (Lipinski definition) is 1. The van der Waals surface area contributed by atoms with Crippen molar-refractivity contribution < 1.29 is 9.53 Å². The molecule has 90 valence electrons. The van der Waals surface area contributed by atoms with E-state index >= 15 is 0 Å². The van der Waals surface area contributed by atoms with Gasteiger partial charge < -0.3 is 10.6 Å². The first-order valence-electron chi connectivity index (χ1n) is 5.08. The molecular formula is C9H16N4O2S. The van der Waals surface area contributed by atoms with Gasteiger partial charge >= 0.3 is 5.97 Å². The van der Waals surface area contributed by atoms with Crippen molar-refractivity contribution in [2.24, 2.45) is 0 Å². The van der Waals surface area contributed by atoms with E-state index in [1.165, 1.54) is 29.9 Å². The molecule has 0 aliphatic carbocycles. The first kappa shape index (κ1) is 12.8. The number of nitrogens with zero attached hydrogens (tertiary/aromatic N) is 3. The summed E-state index contributed by atoms with van der Waals surface area (Å²) in [5.41, 5.74) is 0. The summed E-state index contributed by atoms with van der Waals surface area (Å²) in [6.07, 6.45) is 4.14. The number of aromatic nitrogens is 3. The summed E-state index contributed by atoms with van der Waals surface area (Å²) in [6.45, 7) is 2.07. The number of nitrogen functional groups attached to an aromatic ring is 1. The smallest absolute Gasteiger partial charge is 0.319 e. The molecule has 0 saturated heterocycles. The molecule has 6 nitrogen and oxygen atoms in total. The lowest BCUT2D eigenvalue weighted by Gasteiger charge is -2.12. The fourth-order valence-electron chi connectivity index (χ4n) is 1.19. The van der Waals surface area contributed by atoms with Gasteiger partial charge in [0, 0.05) is 0 Å². The van der Waals surface area contributed by atoms with Crippen LogP contribution in [0.2, 0.25) is 0 Å². The second-order valence-electron chi connectivity index (χ2n) is 3.29. The first-order chi connectivity index (χ1) is 7.69. The van der Waals surface area contributed by atoms with Gasteiger partial charge in [0.25, 0.3) is 0 Å². The highest BCUT2D eigenvalue weighted by molar-refractivity contribution is 8.00. The van der Waals surface area contributed by atoms with Crippen molar-refractivity contribution in [3.63, 3.8) is 0 Å². The lowest BCUT2D eigenvalue weighted by atomic mass is 10.2. The van der Waals surface area contributed by atoms with Crippen LogP contribution < -0.4 is 5.84 Å². The molecule has 1 aromatic rings. The van der Waals surface area contributed by atoms with Gasteiger partial charge in [0.05, 0.1) is 7.11 Å². The molecule has 1 rings (SSSR count). The maximum atomic E-state index is 11.5. The van der Waals surface area contributed by atoms with E-state index in [-0.39, 0.29) is 11.2 Å². The first-order valence-corrected chi connectivity index (χ1v) is 5.96. The predicted molar refractivity (Wildman–Crippen MR) is 61.4 cm³/mol. The zero-order valence-electron chi connectivity index (χ0n) is 9.42. The topological polar surface area (TPSA) is 83.0 Å². The summed E-state index contributed by atoms with van der Waals surface area (Å²) in [5.74, 6) is 5.33. The SMILES string of the molecule is CCCCC(Sc1nncn1N)C(=O)OC. The Kier molecular flexibility index (Phi) is 5.10. The molecule has 0 saturated carbocycles. The van der Waals surface area contributed by atoms with E-state index in [9.17, 15) is 4.79 Å². The number of esters is 1. The van der Waals surface area contributed by atoms with Crippen molar-refractivity contribution >= 4 is 17.7 Å². The highest BCUT2D eigenvalue weighted by Gasteiger charge is 2.22. The molecule has 1 unspecified atom stereocenters. The second kappa shape index (κ2) is 6.37. The third-order valence-corrected chi connectivity index (χ3v) is 3.29. The molecule has 0 radical (unpaired) electrons. The van der Waals surface area contributed by atoms with Crippen molar-refractivity contribution in [2.45, 2.75) is 36.6 Å². The Morgan fingerprint density at radius 3 is 3.00 bits per heavy atom. The van der Waals surface area contributed by atoms with Crippen LogP contribution in [0.1, 0.15) is 26.2 Å². The fourth-order valence-corrected chi connectivity index (χ4v) is 2.18. The molecule has 0 aromatic carbocycles. The summed E-state index contributed by atoms with van der Waals surface area (Å²) in [7, 11) is 1.38. The average molecular weight is 244 g/mol. The lowest BCUT2D eigenvalue weighted by molar-refractivity contribution is -0.140. The molecule has 1 atom stereocenters. The van der Waals surface area contributed by atoms with Gasteiger partial charge in [-0.25, -0.2) is 4.68 Å². The van der Waals surface area contributed by atoms with Crippen molar-refractivity contribution in [1.82, 2.24) is 14.9 Å². The number of ether oxygens (including phenoxy) is 1. The van der Waals surface area contributed by atoms with Gasteiger partial charge in [-0.3, -0.25) is 4.79 Å². The Hall–Kier alpha value is -1.24. The standard InChI is InChI=1S/C9H16N4O2S/c1-3-4-5-7(8(14)15-2)16-9-12-11-6-13(9)10/h6-7H,3-5,10H2,1-2H3. The average Bonchev–Trinajstić information content (AvgIpc) is 2.69. The van der Waals surface area contributed by atoms with Crippen LogP contribution >= 0.6 is 11.8 Å². The van der Waals surface area contributed by atoms with Gasteiger partial charge in [0.2, 0.25) is 5.16 Å².